The summed E-state index contributed by atoms with van der Waals surface area (Å²) in [5, 5.41) is 12.4. The van der Waals surface area contributed by atoms with Crippen molar-refractivity contribution in [1.29, 1.82) is 0 Å². The zero-order valence-corrected chi connectivity index (χ0v) is 9.81. The number of aromatic nitrogens is 2. The highest BCUT2D eigenvalue weighted by Crippen LogP contribution is 2.31. The maximum atomic E-state index is 8.52. The minimum Gasteiger partial charge on any atom is -0.334 e. The van der Waals surface area contributed by atoms with E-state index in [1.54, 1.807) is 0 Å². The van der Waals surface area contributed by atoms with Crippen LogP contribution in [0.25, 0.3) is 5.57 Å². The lowest BCUT2D eigenvalue weighted by Gasteiger charge is -2.13. The monoisotopic (exact) mass is 236 g/mol. The Morgan fingerprint density at radius 3 is 3.00 bits per heavy atom. The zero-order valence-electron chi connectivity index (χ0n) is 9.81. The fourth-order valence-corrected chi connectivity index (χ4v) is 1.89. The average Bonchev–Trinajstić information content (AvgIpc) is 2.85. The summed E-state index contributed by atoms with van der Waals surface area (Å²) in [7, 11) is 0. The molecular weight excluding hydrogens is 220 g/mol. The van der Waals surface area contributed by atoms with Crippen LogP contribution in [-0.4, -0.2) is 21.7 Å². The van der Waals surface area contributed by atoms with Crippen LogP contribution in [0.5, 0.6) is 0 Å². The van der Waals surface area contributed by atoms with Crippen LogP contribution in [0.2, 0.25) is 0 Å². The predicted octanol–water partition coefficient (Wildman–Crippen LogP) is 1.92. The van der Waals surface area contributed by atoms with Crippen molar-refractivity contribution in [2.24, 2.45) is 4.99 Å². The van der Waals surface area contributed by atoms with Gasteiger partial charge in [0.05, 0.1) is 5.70 Å². The van der Waals surface area contributed by atoms with Crippen molar-refractivity contribution in [1.82, 2.24) is 15.6 Å². The van der Waals surface area contributed by atoms with Crippen molar-refractivity contribution in [3.63, 3.8) is 0 Å². The molecule has 6 heteroatoms. The minimum absolute atomic E-state index is 0.562. The van der Waals surface area contributed by atoms with Crippen LogP contribution in [0.4, 0.5) is 0 Å². The molecule has 2 rings (SSSR count). The molecule has 0 amide bonds. The number of rotatable bonds is 4. The van der Waals surface area contributed by atoms with Crippen LogP contribution in [0.3, 0.4) is 0 Å². The first kappa shape index (κ1) is 11.8. The number of hydrogen-bond acceptors (Lipinski definition) is 5. The lowest BCUT2D eigenvalue weighted by Crippen LogP contribution is -2.05. The maximum Gasteiger partial charge on any atom is 0.255 e. The number of aryl methyl sites for hydroxylation is 1. The van der Waals surface area contributed by atoms with Crippen molar-refractivity contribution >= 4 is 11.9 Å². The van der Waals surface area contributed by atoms with Gasteiger partial charge in [-0.1, -0.05) is 12.1 Å². The smallest absolute Gasteiger partial charge is 0.255 e. The summed E-state index contributed by atoms with van der Waals surface area (Å²) in [6.07, 6.45) is 5.98. The topological polar surface area (TPSA) is 83.5 Å². The molecule has 0 spiro atoms. The molecule has 6 nitrogen and oxygen atoms in total. The van der Waals surface area contributed by atoms with Gasteiger partial charge in [-0.25, -0.2) is 4.99 Å². The molecule has 1 heterocycles. The van der Waals surface area contributed by atoms with Crippen molar-refractivity contribution in [3.05, 3.63) is 17.4 Å². The summed E-state index contributed by atoms with van der Waals surface area (Å²) < 4.78 is 5.23. The molecule has 2 N–H and O–H groups in total. The van der Waals surface area contributed by atoms with Gasteiger partial charge in [-0.3, -0.25) is 10.7 Å². The largest absolute Gasteiger partial charge is 0.334 e. The Bertz CT molecular complexity index is 436. The Balaban J connectivity index is 2.30. The maximum absolute atomic E-state index is 8.52. The van der Waals surface area contributed by atoms with Crippen molar-refractivity contribution in [3.8, 4) is 0 Å². The van der Waals surface area contributed by atoms with Crippen LogP contribution < -0.4 is 5.48 Å². The van der Waals surface area contributed by atoms with Crippen LogP contribution in [0.15, 0.2) is 15.2 Å². The molecule has 1 aliphatic rings. The van der Waals surface area contributed by atoms with Crippen LogP contribution in [0.1, 0.15) is 44.3 Å². The van der Waals surface area contributed by atoms with E-state index in [9.17, 15) is 0 Å². The van der Waals surface area contributed by atoms with Gasteiger partial charge in [-0.2, -0.15) is 4.98 Å². The van der Waals surface area contributed by atoms with Gasteiger partial charge in [0.2, 0.25) is 0 Å². The second-order valence-electron chi connectivity index (χ2n) is 3.89. The third-order valence-corrected chi connectivity index (χ3v) is 2.76. The molecule has 1 aromatic heterocycles. The number of aliphatic imine (C=N–C) groups is 1. The van der Waals surface area contributed by atoms with E-state index < -0.39 is 0 Å². The highest BCUT2D eigenvalue weighted by Gasteiger charge is 2.18. The Labute approximate surface area is 99.4 Å². The minimum atomic E-state index is 0.562. The zero-order chi connectivity index (χ0) is 12.1. The Morgan fingerprint density at radius 2 is 2.29 bits per heavy atom. The number of nitrogens with zero attached hydrogens (tertiary/aromatic N) is 3. The molecule has 1 aliphatic carbocycles. The Morgan fingerprint density at radius 1 is 1.47 bits per heavy atom. The molecule has 17 heavy (non-hydrogen) atoms. The van der Waals surface area contributed by atoms with Gasteiger partial charge in [0.1, 0.15) is 6.34 Å². The molecular formula is C11H16N4O2. The van der Waals surface area contributed by atoms with Crippen molar-refractivity contribution in [2.75, 3.05) is 0 Å². The number of nitrogens with one attached hydrogen (secondary N) is 1. The molecule has 0 saturated heterocycles. The fraction of sp³-hybridized carbons (Fsp3) is 0.545. The van der Waals surface area contributed by atoms with E-state index in [0.717, 1.165) is 43.4 Å². The quantitative estimate of drug-likeness (QED) is 0.474. The van der Waals surface area contributed by atoms with Gasteiger partial charge in [-0.15, -0.1) is 0 Å². The molecule has 0 saturated carbocycles. The van der Waals surface area contributed by atoms with E-state index >= 15 is 0 Å². The molecule has 0 radical (unpaired) electrons. The van der Waals surface area contributed by atoms with E-state index in [4.69, 9.17) is 9.73 Å². The molecule has 0 bridgehead atoms. The van der Waals surface area contributed by atoms with E-state index in [2.05, 4.69) is 15.1 Å². The van der Waals surface area contributed by atoms with Crippen molar-refractivity contribution < 1.29 is 9.73 Å². The summed E-state index contributed by atoms with van der Waals surface area (Å²) in [6.45, 7) is 1.98. The van der Waals surface area contributed by atoms with Gasteiger partial charge in [0, 0.05) is 12.0 Å². The molecule has 0 atom stereocenters. The van der Waals surface area contributed by atoms with E-state index in [-0.39, 0.29) is 0 Å². The second kappa shape index (κ2) is 5.58. The first-order valence-corrected chi connectivity index (χ1v) is 5.82. The average molecular weight is 236 g/mol. The number of allylic oxidation sites excluding steroid dienone is 2. The van der Waals surface area contributed by atoms with Gasteiger partial charge < -0.3 is 4.52 Å². The van der Waals surface area contributed by atoms with E-state index in [1.807, 2.05) is 12.4 Å². The first-order chi connectivity index (χ1) is 8.35. The third-order valence-electron chi connectivity index (χ3n) is 2.76. The van der Waals surface area contributed by atoms with E-state index in [1.165, 1.54) is 6.34 Å². The Hall–Kier alpha value is -1.69. The molecule has 0 unspecified atom stereocenters. The molecule has 92 valence electrons. The summed E-state index contributed by atoms with van der Waals surface area (Å²) in [6, 6.07) is 0. The normalized spacial score (nSPS) is 16.8. The number of hydrogen-bond donors (Lipinski definition) is 2. The molecule has 0 fully saturated rings. The standard InChI is InChI=1S/C11H16N4O2/c1-2-10-14-11(17-15-10)8-5-3-4-6-9(8)12-7-13-16/h7,16H,2-6H2,1H3,(H,12,13). The van der Waals surface area contributed by atoms with Crippen LogP contribution in [-0.2, 0) is 6.42 Å². The van der Waals surface area contributed by atoms with Gasteiger partial charge in [0.25, 0.3) is 5.89 Å². The van der Waals surface area contributed by atoms with Crippen LogP contribution >= 0.6 is 0 Å². The lowest BCUT2D eigenvalue weighted by atomic mass is 9.96. The predicted molar refractivity (Wildman–Crippen MR) is 62.5 cm³/mol. The lowest BCUT2D eigenvalue weighted by molar-refractivity contribution is 0.239. The highest BCUT2D eigenvalue weighted by atomic mass is 16.5. The number of hydroxylamine groups is 1. The fourth-order valence-electron chi connectivity index (χ4n) is 1.89. The third kappa shape index (κ3) is 2.71. The molecule has 0 aromatic carbocycles. The van der Waals surface area contributed by atoms with Gasteiger partial charge >= 0.3 is 0 Å². The molecule has 0 aliphatic heterocycles. The SMILES string of the molecule is CCc1noc(C2=C(N=CNO)CCCC2)n1. The second-order valence-corrected chi connectivity index (χ2v) is 3.89. The van der Waals surface area contributed by atoms with Crippen molar-refractivity contribution in [2.45, 2.75) is 39.0 Å². The van der Waals surface area contributed by atoms with Gasteiger partial charge in [0.15, 0.2) is 5.82 Å². The molecule has 1 aromatic rings. The summed E-state index contributed by atoms with van der Waals surface area (Å²) in [5.74, 6) is 1.27. The van der Waals surface area contributed by atoms with E-state index in [0.29, 0.717) is 11.7 Å². The van der Waals surface area contributed by atoms with Gasteiger partial charge in [-0.05, 0) is 25.7 Å². The summed E-state index contributed by atoms with van der Waals surface area (Å²) >= 11 is 0. The van der Waals surface area contributed by atoms with Crippen LogP contribution in [0, 0.1) is 0 Å². The highest BCUT2D eigenvalue weighted by molar-refractivity contribution is 5.66. The first-order valence-electron chi connectivity index (χ1n) is 5.82. The summed E-state index contributed by atoms with van der Waals surface area (Å²) in [5.41, 5.74) is 3.81. The Kier molecular flexibility index (Phi) is 3.87. The summed E-state index contributed by atoms with van der Waals surface area (Å²) in [4.78, 5) is 8.48.